The summed E-state index contributed by atoms with van der Waals surface area (Å²) in [7, 11) is 0. The van der Waals surface area contributed by atoms with Gasteiger partial charge in [-0.2, -0.15) is 0 Å². The zero-order valence-electron chi connectivity index (χ0n) is 11.5. The van der Waals surface area contributed by atoms with Gasteiger partial charge in [0.25, 0.3) is 0 Å². The summed E-state index contributed by atoms with van der Waals surface area (Å²) in [6, 6.07) is 0.598. The summed E-state index contributed by atoms with van der Waals surface area (Å²) in [6.07, 6.45) is 5.14. The number of hydrogen-bond acceptors (Lipinski definition) is 2. The molecule has 0 aromatic carbocycles. The molecule has 0 amide bonds. The lowest BCUT2D eigenvalue weighted by Gasteiger charge is -2.35. The Morgan fingerprint density at radius 2 is 1.94 bits per heavy atom. The van der Waals surface area contributed by atoms with Crippen LogP contribution in [0, 0.1) is 11.3 Å². The molecule has 2 heteroatoms. The van der Waals surface area contributed by atoms with Crippen LogP contribution < -0.4 is 5.32 Å². The van der Waals surface area contributed by atoms with Crippen LogP contribution in [0.2, 0.25) is 0 Å². The summed E-state index contributed by atoms with van der Waals surface area (Å²) in [5.41, 5.74) is 0.465. The topological polar surface area (TPSA) is 21.3 Å². The third kappa shape index (κ3) is 4.84. The van der Waals surface area contributed by atoms with Gasteiger partial charge in [0.1, 0.15) is 0 Å². The minimum absolute atomic E-state index is 0.465. The first-order valence-electron chi connectivity index (χ1n) is 6.87. The van der Waals surface area contributed by atoms with E-state index in [1.807, 2.05) is 0 Å². The van der Waals surface area contributed by atoms with Crippen molar-refractivity contribution in [1.29, 1.82) is 0 Å². The van der Waals surface area contributed by atoms with E-state index in [1.165, 1.54) is 25.7 Å². The predicted octanol–water partition coefficient (Wildman–Crippen LogP) is 3.22. The van der Waals surface area contributed by atoms with Crippen LogP contribution in [-0.4, -0.2) is 25.8 Å². The number of ether oxygens (including phenoxy) is 1. The molecule has 2 nitrogen and oxygen atoms in total. The van der Waals surface area contributed by atoms with Crippen LogP contribution in [-0.2, 0) is 4.74 Å². The average Bonchev–Trinajstić information content (AvgIpc) is 2.28. The highest BCUT2D eigenvalue weighted by atomic mass is 16.5. The fourth-order valence-corrected chi connectivity index (χ4v) is 2.44. The van der Waals surface area contributed by atoms with Gasteiger partial charge < -0.3 is 10.1 Å². The van der Waals surface area contributed by atoms with Gasteiger partial charge in [0, 0.05) is 25.8 Å². The summed E-state index contributed by atoms with van der Waals surface area (Å²) in [5, 5.41) is 3.60. The molecule has 96 valence electrons. The Kier molecular flexibility index (Phi) is 5.77. The monoisotopic (exact) mass is 227 g/mol. The van der Waals surface area contributed by atoms with Crippen LogP contribution in [0.1, 0.15) is 53.4 Å². The molecule has 16 heavy (non-hydrogen) atoms. The molecule has 0 aliphatic carbocycles. The Bertz CT molecular complexity index is 187. The minimum Gasteiger partial charge on any atom is -0.381 e. The van der Waals surface area contributed by atoms with Crippen LogP contribution in [0.4, 0.5) is 0 Å². The summed E-state index contributed by atoms with van der Waals surface area (Å²) >= 11 is 0. The lowest BCUT2D eigenvalue weighted by Crippen LogP contribution is -2.37. The lowest BCUT2D eigenvalue weighted by atomic mass is 9.76. The van der Waals surface area contributed by atoms with E-state index in [9.17, 15) is 0 Å². The minimum atomic E-state index is 0.465. The molecule has 1 fully saturated rings. The van der Waals surface area contributed by atoms with Gasteiger partial charge in [-0.15, -0.1) is 0 Å². The van der Waals surface area contributed by atoms with Crippen molar-refractivity contribution < 1.29 is 4.74 Å². The zero-order chi connectivity index (χ0) is 12.0. The smallest absolute Gasteiger partial charge is 0.0468 e. The van der Waals surface area contributed by atoms with Crippen LogP contribution in [0.3, 0.4) is 0 Å². The van der Waals surface area contributed by atoms with E-state index >= 15 is 0 Å². The van der Waals surface area contributed by atoms with E-state index in [0.29, 0.717) is 11.5 Å². The van der Waals surface area contributed by atoms with E-state index < -0.39 is 0 Å². The second kappa shape index (κ2) is 6.61. The molecular formula is C14H29NO. The van der Waals surface area contributed by atoms with Crippen molar-refractivity contribution in [3.63, 3.8) is 0 Å². The fourth-order valence-electron chi connectivity index (χ4n) is 2.44. The molecule has 0 spiro atoms. The Balaban J connectivity index is 2.38. The van der Waals surface area contributed by atoms with Crippen molar-refractivity contribution in [2.45, 2.75) is 59.4 Å². The van der Waals surface area contributed by atoms with Gasteiger partial charge in [0.15, 0.2) is 0 Å². The number of hydrogen-bond donors (Lipinski definition) is 1. The molecule has 0 radical (unpaired) electrons. The molecule has 1 aliphatic rings. The van der Waals surface area contributed by atoms with Crippen molar-refractivity contribution in [1.82, 2.24) is 5.32 Å². The fraction of sp³-hybridized carbons (Fsp3) is 1.00. The molecule has 1 rings (SSSR count). The molecule has 1 atom stereocenters. The molecule has 1 unspecified atom stereocenters. The van der Waals surface area contributed by atoms with Gasteiger partial charge in [-0.1, -0.05) is 27.7 Å². The molecule has 0 saturated carbocycles. The van der Waals surface area contributed by atoms with E-state index in [1.54, 1.807) is 0 Å². The Labute approximate surface area is 101 Å². The molecule has 0 aromatic rings. The van der Waals surface area contributed by atoms with Crippen molar-refractivity contribution in [2.24, 2.45) is 11.3 Å². The van der Waals surface area contributed by atoms with Gasteiger partial charge >= 0.3 is 0 Å². The summed E-state index contributed by atoms with van der Waals surface area (Å²) < 4.78 is 5.43. The average molecular weight is 227 g/mol. The Hall–Kier alpha value is -0.0800. The number of rotatable bonds is 6. The second-order valence-corrected chi connectivity index (χ2v) is 5.96. The van der Waals surface area contributed by atoms with Crippen molar-refractivity contribution in [3.8, 4) is 0 Å². The third-order valence-corrected chi connectivity index (χ3v) is 3.91. The Morgan fingerprint density at radius 3 is 2.44 bits per heavy atom. The summed E-state index contributed by atoms with van der Waals surface area (Å²) in [6.45, 7) is 12.3. The molecular weight excluding hydrogens is 198 g/mol. The van der Waals surface area contributed by atoms with E-state index in [4.69, 9.17) is 4.74 Å². The highest BCUT2D eigenvalue weighted by molar-refractivity contribution is 4.80. The Morgan fingerprint density at radius 1 is 1.31 bits per heavy atom. The third-order valence-electron chi connectivity index (χ3n) is 3.91. The van der Waals surface area contributed by atoms with Gasteiger partial charge in [0.05, 0.1) is 0 Å². The molecule has 0 aromatic heterocycles. The first-order chi connectivity index (χ1) is 7.56. The van der Waals surface area contributed by atoms with Gasteiger partial charge in [-0.25, -0.2) is 0 Å². The zero-order valence-corrected chi connectivity index (χ0v) is 11.5. The van der Waals surface area contributed by atoms with Gasteiger partial charge in [0.2, 0.25) is 0 Å². The summed E-state index contributed by atoms with van der Waals surface area (Å²) in [5.74, 6) is 0.882. The van der Waals surface area contributed by atoms with Crippen molar-refractivity contribution in [3.05, 3.63) is 0 Å². The number of nitrogens with one attached hydrogen (secondary N) is 1. The van der Waals surface area contributed by atoms with Gasteiger partial charge in [-0.3, -0.25) is 0 Å². The van der Waals surface area contributed by atoms with Crippen molar-refractivity contribution in [2.75, 3.05) is 19.8 Å². The van der Waals surface area contributed by atoms with E-state index in [-0.39, 0.29) is 0 Å². The maximum Gasteiger partial charge on any atom is 0.0468 e. The van der Waals surface area contributed by atoms with E-state index in [0.717, 1.165) is 25.7 Å². The van der Waals surface area contributed by atoms with Crippen LogP contribution in [0.15, 0.2) is 0 Å². The molecule has 1 saturated heterocycles. The molecule has 1 N–H and O–H groups in total. The second-order valence-electron chi connectivity index (χ2n) is 5.96. The lowest BCUT2D eigenvalue weighted by molar-refractivity contribution is 0.0479. The highest BCUT2D eigenvalue weighted by Crippen LogP contribution is 2.33. The normalized spacial score (nSPS) is 22.3. The first kappa shape index (κ1) is 14.0. The summed E-state index contributed by atoms with van der Waals surface area (Å²) in [4.78, 5) is 0. The van der Waals surface area contributed by atoms with E-state index in [2.05, 4.69) is 33.0 Å². The molecule has 0 bridgehead atoms. The highest BCUT2D eigenvalue weighted by Gasteiger charge is 2.27. The first-order valence-corrected chi connectivity index (χ1v) is 6.87. The maximum atomic E-state index is 5.43. The van der Waals surface area contributed by atoms with Crippen molar-refractivity contribution >= 4 is 0 Å². The van der Waals surface area contributed by atoms with Gasteiger partial charge in [-0.05, 0) is 37.0 Å². The standard InChI is InChI=1S/C14H29NO/c1-5-14(4,11-15-12(2)3)10-13-6-8-16-9-7-13/h12-13,15H,5-11H2,1-4H3. The molecule has 1 aliphatic heterocycles. The van der Waals surface area contributed by atoms with Crippen LogP contribution in [0.25, 0.3) is 0 Å². The maximum absolute atomic E-state index is 5.43. The predicted molar refractivity (Wildman–Crippen MR) is 69.7 cm³/mol. The quantitative estimate of drug-likeness (QED) is 0.752. The molecule has 1 heterocycles. The van der Waals surface area contributed by atoms with Crippen LogP contribution in [0.5, 0.6) is 0 Å². The van der Waals surface area contributed by atoms with Crippen LogP contribution >= 0.6 is 0 Å². The largest absolute Gasteiger partial charge is 0.381 e. The SMILES string of the molecule is CCC(C)(CNC(C)C)CC1CCOCC1.